The average Bonchev–Trinajstić information content (AvgIpc) is 2.74. The monoisotopic (exact) mass is 379 g/mol. The molecule has 0 unspecified atom stereocenters. The summed E-state index contributed by atoms with van der Waals surface area (Å²) in [6, 6.07) is 18.8. The molecule has 0 saturated carbocycles. The second-order valence-electron chi connectivity index (χ2n) is 7.85. The van der Waals surface area contributed by atoms with Gasteiger partial charge in [-0.3, -0.25) is 4.79 Å². The molecule has 1 saturated heterocycles. The summed E-state index contributed by atoms with van der Waals surface area (Å²) in [5.74, 6) is 0.156. The molecule has 0 aliphatic carbocycles. The molecule has 1 amide bonds. The van der Waals surface area contributed by atoms with Gasteiger partial charge in [0, 0.05) is 6.54 Å². The van der Waals surface area contributed by atoms with Crippen LogP contribution in [0.15, 0.2) is 60.7 Å². The molecule has 1 fully saturated rings. The third kappa shape index (κ3) is 6.04. The van der Waals surface area contributed by atoms with Crippen molar-refractivity contribution in [3.8, 4) is 0 Å². The van der Waals surface area contributed by atoms with E-state index in [1.807, 2.05) is 6.07 Å². The third-order valence-corrected chi connectivity index (χ3v) is 5.71. The first-order chi connectivity index (χ1) is 13.6. The van der Waals surface area contributed by atoms with E-state index in [9.17, 15) is 4.79 Å². The highest BCUT2D eigenvalue weighted by molar-refractivity contribution is 5.79. The summed E-state index contributed by atoms with van der Waals surface area (Å²) in [6.45, 7) is 10.1. The van der Waals surface area contributed by atoms with Crippen LogP contribution in [0.3, 0.4) is 0 Å². The Balaban J connectivity index is 1.39. The molecule has 3 N–H and O–H groups in total. The molecule has 0 radical (unpaired) electrons. The normalized spacial score (nSPS) is 20.8. The van der Waals surface area contributed by atoms with E-state index in [0.29, 0.717) is 6.54 Å². The number of aryl methyl sites for hydroxylation is 1. The van der Waals surface area contributed by atoms with E-state index < -0.39 is 0 Å². The van der Waals surface area contributed by atoms with E-state index in [2.05, 4.69) is 79.8 Å². The molecule has 1 atom stereocenters. The first-order valence-electron chi connectivity index (χ1n) is 10.3. The first-order valence-corrected chi connectivity index (χ1v) is 10.3. The van der Waals surface area contributed by atoms with Crippen LogP contribution < -0.4 is 15.1 Å². The Labute approximate surface area is 168 Å². The van der Waals surface area contributed by atoms with E-state index >= 15 is 0 Å². The number of benzene rings is 2. The summed E-state index contributed by atoms with van der Waals surface area (Å²) < 4.78 is 0. The van der Waals surface area contributed by atoms with Crippen LogP contribution in [0, 0.1) is 6.92 Å². The molecule has 4 heteroatoms. The maximum absolute atomic E-state index is 12.5. The maximum atomic E-state index is 12.5. The largest absolute Gasteiger partial charge is 0.347 e. The van der Waals surface area contributed by atoms with Gasteiger partial charge in [-0.1, -0.05) is 66.2 Å². The van der Waals surface area contributed by atoms with Gasteiger partial charge in [-0.05, 0) is 31.1 Å². The Hall–Kier alpha value is -2.43. The fraction of sp³-hybridized carbons (Fsp3) is 0.375. The number of rotatable bonds is 7. The fourth-order valence-electron chi connectivity index (χ4n) is 3.72. The summed E-state index contributed by atoms with van der Waals surface area (Å²) in [5.41, 5.74) is 3.65. The van der Waals surface area contributed by atoms with Crippen LogP contribution in [0.4, 0.5) is 0 Å². The zero-order valence-electron chi connectivity index (χ0n) is 17.1. The highest BCUT2D eigenvalue weighted by atomic mass is 16.2. The van der Waals surface area contributed by atoms with Gasteiger partial charge in [0.25, 0.3) is 5.91 Å². The molecule has 0 spiro atoms. The van der Waals surface area contributed by atoms with Crippen LogP contribution in [0.5, 0.6) is 0 Å². The molecule has 0 bridgehead atoms. The average molecular weight is 380 g/mol. The molecule has 0 aromatic heterocycles. The lowest BCUT2D eigenvalue weighted by Crippen LogP contribution is -3.30. The molecule has 2 aromatic rings. The van der Waals surface area contributed by atoms with Crippen molar-refractivity contribution in [3.05, 3.63) is 77.4 Å². The molecule has 2 aromatic carbocycles. The second kappa shape index (κ2) is 10.2. The highest BCUT2D eigenvalue weighted by Gasteiger charge is 2.30. The van der Waals surface area contributed by atoms with E-state index in [1.54, 1.807) is 4.90 Å². The molecular formula is C24H33N3O+2. The highest BCUT2D eigenvalue weighted by Crippen LogP contribution is 2.02. The molecular weight excluding hydrogens is 346 g/mol. The Morgan fingerprint density at radius 1 is 1.04 bits per heavy atom. The summed E-state index contributed by atoms with van der Waals surface area (Å²) >= 11 is 0. The van der Waals surface area contributed by atoms with Crippen molar-refractivity contribution in [3.63, 3.8) is 0 Å². The number of hydrogen-bond acceptors (Lipinski definition) is 1. The zero-order chi connectivity index (χ0) is 19.8. The van der Waals surface area contributed by atoms with Crippen molar-refractivity contribution in [2.24, 2.45) is 0 Å². The molecule has 28 heavy (non-hydrogen) atoms. The van der Waals surface area contributed by atoms with Crippen molar-refractivity contribution < 1.29 is 14.6 Å². The van der Waals surface area contributed by atoms with Crippen LogP contribution >= 0.6 is 0 Å². The molecule has 1 aliphatic rings. The summed E-state index contributed by atoms with van der Waals surface area (Å²) in [7, 11) is 0. The van der Waals surface area contributed by atoms with Crippen molar-refractivity contribution in [2.75, 3.05) is 32.7 Å². The van der Waals surface area contributed by atoms with E-state index in [4.69, 9.17) is 0 Å². The molecule has 1 heterocycles. The Morgan fingerprint density at radius 2 is 1.71 bits per heavy atom. The van der Waals surface area contributed by atoms with Crippen LogP contribution in [-0.2, 0) is 11.3 Å². The predicted octanol–water partition coefficient (Wildman–Crippen LogP) is 0.497. The number of carbonyl (C=O) groups excluding carboxylic acids is 1. The topological polar surface area (TPSA) is 38.0 Å². The van der Waals surface area contributed by atoms with Crippen LogP contribution in [0.1, 0.15) is 23.6 Å². The second-order valence-corrected chi connectivity index (χ2v) is 7.85. The minimum atomic E-state index is 0.00635. The quantitative estimate of drug-likeness (QED) is 0.644. The van der Waals surface area contributed by atoms with Crippen LogP contribution in [0.2, 0.25) is 0 Å². The number of amides is 1. The SMILES string of the molecule is Cc1ccc(CNC(=O)[C@H](C)[NH+]2CC[NH+](C/C=C/c3ccccc3)CC2)cc1. The Kier molecular flexibility index (Phi) is 7.40. The molecule has 3 rings (SSSR count). The minimum absolute atomic E-state index is 0.00635. The smallest absolute Gasteiger partial charge is 0.278 e. The van der Waals surface area contributed by atoms with Gasteiger partial charge in [0.2, 0.25) is 0 Å². The van der Waals surface area contributed by atoms with Crippen LogP contribution in [0.25, 0.3) is 6.08 Å². The number of quaternary nitrogens is 2. The van der Waals surface area contributed by atoms with Gasteiger partial charge >= 0.3 is 0 Å². The van der Waals surface area contributed by atoms with E-state index in [-0.39, 0.29) is 11.9 Å². The van der Waals surface area contributed by atoms with Crippen LogP contribution in [-0.4, -0.2) is 44.7 Å². The number of nitrogens with one attached hydrogen (secondary N) is 3. The summed E-state index contributed by atoms with van der Waals surface area (Å²) in [4.78, 5) is 15.5. The first kappa shape index (κ1) is 20.3. The summed E-state index contributed by atoms with van der Waals surface area (Å²) in [6.07, 6.45) is 4.47. The van der Waals surface area contributed by atoms with Gasteiger partial charge in [-0.15, -0.1) is 0 Å². The third-order valence-electron chi connectivity index (χ3n) is 5.71. The van der Waals surface area contributed by atoms with Crippen molar-refractivity contribution in [2.45, 2.75) is 26.4 Å². The standard InChI is InChI=1S/C24H31N3O/c1-20-10-12-23(13-11-20)19-25-24(28)21(2)27-17-15-26(16-18-27)14-6-9-22-7-4-3-5-8-22/h3-13,21H,14-19H2,1-2H3,(H,25,28)/p+2/b9-6+/t21-/m0/s1. The lowest BCUT2D eigenvalue weighted by atomic mass is 10.1. The lowest BCUT2D eigenvalue weighted by molar-refractivity contribution is -1.02. The van der Waals surface area contributed by atoms with E-state index in [0.717, 1.165) is 38.3 Å². The maximum Gasteiger partial charge on any atom is 0.278 e. The van der Waals surface area contributed by atoms with Crippen molar-refractivity contribution in [1.29, 1.82) is 0 Å². The Bertz CT molecular complexity index is 762. The van der Waals surface area contributed by atoms with Crippen molar-refractivity contribution in [1.82, 2.24) is 5.32 Å². The molecule has 1 aliphatic heterocycles. The fourth-order valence-corrected chi connectivity index (χ4v) is 3.72. The van der Waals surface area contributed by atoms with Gasteiger partial charge in [0.1, 0.15) is 26.2 Å². The van der Waals surface area contributed by atoms with Gasteiger partial charge in [-0.2, -0.15) is 0 Å². The number of carbonyl (C=O) groups is 1. The zero-order valence-corrected chi connectivity index (χ0v) is 17.1. The van der Waals surface area contributed by atoms with Crippen molar-refractivity contribution >= 4 is 12.0 Å². The number of piperazine rings is 1. The van der Waals surface area contributed by atoms with Gasteiger partial charge < -0.3 is 15.1 Å². The van der Waals surface area contributed by atoms with Gasteiger partial charge in [0.15, 0.2) is 6.04 Å². The Morgan fingerprint density at radius 3 is 2.39 bits per heavy atom. The van der Waals surface area contributed by atoms with E-state index in [1.165, 1.54) is 16.0 Å². The molecule has 4 nitrogen and oxygen atoms in total. The van der Waals surface area contributed by atoms with Gasteiger partial charge in [0.05, 0.1) is 6.54 Å². The predicted molar refractivity (Wildman–Crippen MR) is 114 cm³/mol. The number of hydrogen-bond donors (Lipinski definition) is 3. The molecule has 148 valence electrons. The lowest BCUT2D eigenvalue weighted by Gasteiger charge is -2.32. The minimum Gasteiger partial charge on any atom is -0.347 e. The van der Waals surface area contributed by atoms with Gasteiger partial charge in [-0.25, -0.2) is 0 Å². The summed E-state index contributed by atoms with van der Waals surface area (Å²) in [5, 5.41) is 3.10.